The molecule has 0 aliphatic rings. The first kappa shape index (κ1) is 12.2. The summed E-state index contributed by atoms with van der Waals surface area (Å²) in [6, 6.07) is 2.95. The van der Waals surface area contributed by atoms with Crippen LogP contribution in [-0.2, 0) is 6.42 Å². The lowest BCUT2D eigenvalue weighted by Crippen LogP contribution is -2.00. The summed E-state index contributed by atoms with van der Waals surface area (Å²) in [5.41, 5.74) is 0.983. The minimum Gasteiger partial charge on any atom is -0.207 e. The minimum absolute atomic E-state index is 0.213. The highest BCUT2D eigenvalue weighted by molar-refractivity contribution is 5.28. The largest absolute Gasteiger partial charge is 0.207 e. The fourth-order valence-electron chi connectivity index (χ4n) is 1.63. The molecule has 0 saturated carbocycles. The Kier molecular flexibility index (Phi) is 4.25. The third kappa shape index (κ3) is 2.77. The number of rotatable bonds is 4. The van der Waals surface area contributed by atoms with Crippen LogP contribution in [0.2, 0.25) is 0 Å². The van der Waals surface area contributed by atoms with Crippen LogP contribution < -0.4 is 0 Å². The zero-order valence-corrected chi connectivity index (χ0v) is 9.61. The molecule has 0 spiro atoms. The van der Waals surface area contributed by atoms with Gasteiger partial charge in [0.1, 0.15) is 11.6 Å². The number of benzene rings is 1. The number of hydrogen-bond acceptors (Lipinski definition) is 0. The highest BCUT2D eigenvalue weighted by atomic mass is 19.1. The molecule has 0 amide bonds. The molecule has 0 radical (unpaired) electrons. The van der Waals surface area contributed by atoms with Gasteiger partial charge in [-0.15, -0.1) is 0 Å². The van der Waals surface area contributed by atoms with Gasteiger partial charge in [0.25, 0.3) is 0 Å². The zero-order chi connectivity index (χ0) is 11.4. The monoisotopic (exact) mass is 212 g/mol. The van der Waals surface area contributed by atoms with E-state index >= 15 is 0 Å². The average molecular weight is 212 g/mol. The Bertz CT molecular complexity index is 308. The van der Waals surface area contributed by atoms with Gasteiger partial charge in [-0.3, -0.25) is 0 Å². The van der Waals surface area contributed by atoms with Crippen molar-refractivity contribution < 1.29 is 8.78 Å². The topological polar surface area (TPSA) is 0 Å². The number of hydrogen-bond donors (Lipinski definition) is 0. The Morgan fingerprint density at radius 3 is 2.07 bits per heavy atom. The van der Waals surface area contributed by atoms with Gasteiger partial charge in [-0.25, -0.2) is 8.78 Å². The van der Waals surface area contributed by atoms with E-state index in [0.717, 1.165) is 18.4 Å². The highest BCUT2D eigenvalue weighted by Crippen LogP contribution is 2.24. The van der Waals surface area contributed by atoms with Crippen molar-refractivity contribution in [3.8, 4) is 0 Å². The van der Waals surface area contributed by atoms with Gasteiger partial charge >= 0.3 is 0 Å². The van der Waals surface area contributed by atoms with Crippen LogP contribution in [-0.4, -0.2) is 0 Å². The van der Waals surface area contributed by atoms with Crippen LogP contribution in [0.25, 0.3) is 0 Å². The van der Waals surface area contributed by atoms with Crippen molar-refractivity contribution in [3.05, 3.63) is 34.9 Å². The second-order valence-corrected chi connectivity index (χ2v) is 4.02. The van der Waals surface area contributed by atoms with E-state index in [9.17, 15) is 8.78 Å². The first-order valence-electron chi connectivity index (χ1n) is 5.57. The summed E-state index contributed by atoms with van der Waals surface area (Å²) >= 11 is 0. The Morgan fingerprint density at radius 1 is 1.13 bits per heavy atom. The average Bonchev–Trinajstić information content (AvgIpc) is 2.22. The third-order valence-electron chi connectivity index (χ3n) is 2.84. The molecule has 0 bridgehead atoms. The fourth-order valence-corrected chi connectivity index (χ4v) is 1.63. The molecule has 0 nitrogen and oxygen atoms in total. The molecule has 0 aliphatic carbocycles. The van der Waals surface area contributed by atoms with E-state index in [1.165, 1.54) is 12.1 Å². The number of halogens is 2. The van der Waals surface area contributed by atoms with E-state index in [-0.39, 0.29) is 11.5 Å². The van der Waals surface area contributed by atoms with Crippen molar-refractivity contribution in [2.75, 3.05) is 0 Å². The summed E-state index contributed by atoms with van der Waals surface area (Å²) in [5.74, 6) is -0.580. The van der Waals surface area contributed by atoms with Gasteiger partial charge in [0.2, 0.25) is 0 Å². The molecule has 1 aromatic rings. The molecular weight excluding hydrogens is 194 g/mol. The summed E-state index contributed by atoms with van der Waals surface area (Å²) in [6.07, 6.45) is 2.13. The summed E-state index contributed by atoms with van der Waals surface area (Å²) in [6.45, 7) is 5.91. The zero-order valence-electron chi connectivity index (χ0n) is 9.61. The standard InChI is InChI=1S/C13H18F2/c1-4-6-11-12(14)7-10(8-13(11)15)9(3)5-2/h7-9H,4-6H2,1-3H3. The van der Waals surface area contributed by atoms with E-state index in [1.807, 2.05) is 20.8 Å². The molecule has 1 atom stereocenters. The normalized spacial score (nSPS) is 12.9. The van der Waals surface area contributed by atoms with Gasteiger partial charge < -0.3 is 0 Å². The van der Waals surface area contributed by atoms with E-state index in [2.05, 4.69) is 0 Å². The molecule has 0 fully saturated rings. The Labute approximate surface area is 90.3 Å². The molecule has 0 saturated heterocycles. The van der Waals surface area contributed by atoms with Crippen molar-refractivity contribution in [1.82, 2.24) is 0 Å². The second kappa shape index (κ2) is 5.24. The summed E-state index contributed by atoms with van der Waals surface area (Å²) in [4.78, 5) is 0. The molecule has 15 heavy (non-hydrogen) atoms. The summed E-state index contributed by atoms with van der Waals surface area (Å²) in [7, 11) is 0. The maximum absolute atomic E-state index is 13.6. The molecule has 0 aliphatic heterocycles. The summed E-state index contributed by atoms with van der Waals surface area (Å²) in [5, 5.41) is 0. The van der Waals surface area contributed by atoms with Crippen LogP contribution in [0.5, 0.6) is 0 Å². The van der Waals surface area contributed by atoms with Crippen LogP contribution in [0.1, 0.15) is 50.7 Å². The van der Waals surface area contributed by atoms with E-state index < -0.39 is 11.6 Å². The maximum Gasteiger partial charge on any atom is 0.129 e. The molecule has 0 aromatic heterocycles. The maximum atomic E-state index is 13.6. The van der Waals surface area contributed by atoms with Crippen molar-refractivity contribution in [1.29, 1.82) is 0 Å². The molecule has 2 heteroatoms. The van der Waals surface area contributed by atoms with Crippen molar-refractivity contribution >= 4 is 0 Å². The SMILES string of the molecule is CCCc1c(F)cc(C(C)CC)cc1F. The van der Waals surface area contributed by atoms with Crippen molar-refractivity contribution in [2.24, 2.45) is 0 Å². The Balaban J connectivity index is 3.07. The van der Waals surface area contributed by atoms with Gasteiger partial charge in [-0.05, 0) is 36.5 Å². The first-order valence-corrected chi connectivity index (χ1v) is 5.57. The van der Waals surface area contributed by atoms with Crippen LogP contribution in [0.4, 0.5) is 8.78 Å². The third-order valence-corrected chi connectivity index (χ3v) is 2.84. The van der Waals surface area contributed by atoms with Crippen LogP contribution in [0, 0.1) is 11.6 Å². The lowest BCUT2D eigenvalue weighted by Gasteiger charge is -2.11. The van der Waals surface area contributed by atoms with E-state index in [4.69, 9.17) is 0 Å². The molecule has 1 unspecified atom stereocenters. The van der Waals surface area contributed by atoms with E-state index in [0.29, 0.717) is 6.42 Å². The van der Waals surface area contributed by atoms with E-state index in [1.54, 1.807) is 0 Å². The lowest BCUT2D eigenvalue weighted by molar-refractivity contribution is 0.545. The van der Waals surface area contributed by atoms with Gasteiger partial charge in [-0.2, -0.15) is 0 Å². The van der Waals surface area contributed by atoms with Crippen LogP contribution in [0.3, 0.4) is 0 Å². The molecule has 0 heterocycles. The van der Waals surface area contributed by atoms with Gasteiger partial charge in [0, 0.05) is 5.56 Å². The van der Waals surface area contributed by atoms with Crippen LogP contribution >= 0.6 is 0 Å². The minimum atomic E-state index is -0.396. The predicted octanol–water partition coefficient (Wildman–Crippen LogP) is 4.43. The molecule has 0 N–H and O–H groups in total. The summed E-state index contributed by atoms with van der Waals surface area (Å²) < 4.78 is 27.1. The quantitative estimate of drug-likeness (QED) is 0.692. The first-order chi connectivity index (χ1) is 7.10. The van der Waals surface area contributed by atoms with Gasteiger partial charge in [0.15, 0.2) is 0 Å². The Morgan fingerprint density at radius 2 is 1.67 bits per heavy atom. The van der Waals surface area contributed by atoms with Crippen LogP contribution in [0.15, 0.2) is 12.1 Å². The second-order valence-electron chi connectivity index (χ2n) is 4.02. The van der Waals surface area contributed by atoms with Gasteiger partial charge in [0.05, 0.1) is 0 Å². The molecule has 1 aromatic carbocycles. The highest BCUT2D eigenvalue weighted by Gasteiger charge is 2.12. The molecular formula is C13H18F2. The van der Waals surface area contributed by atoms with Crippen molar-refractivity contribution in [3.63, 3.8) is 0 Å². The smallest absolute Gasteiger partial charge is 0.129 e. The molecule has 84 valence electrons. The predicted molar refractivity (Wildman–Crippen MR) is 59.1 cm³/mol. The molecule has 1 rings (SSSR count). The van der Waals surface area contributed by atoms with Gasteiger partial charge in [-0.1, -0.05) is 27.2 Å². The lowest BCUT2D eigenvalue weighted by atomic mass is 9.96. The fraction of sp³-hybridized carbons (Fsp3) is 0.538. The Hall–Kier alpha value is -0.920. The van der Waals surface area contributed by atoms with Crippen molar-refractivity contribution in [2.45, 2.75) is 46.0 Å².